The quantitative estimate of drug-likeness (QED) is 0.670. The summed E-state index contributed by atoms with van der Waals surface area (Å²) in [5.41, 5.74) is 1.22. The average molecular weight is 352 g/mol. The fourth-order valence-corrected chi connectivity index (χ4v) is 2.55. The first kappa shape index (κ1) is 15.7. The summed E-state index contributed by atoms with van der Waals surface area (Å²) < 4.78 is 1.00. The third-order valence-electron chi connectivity index (χ3n) is 3.16. The van der Waals surface area contributed by atoms with E-state index in [1.165, 1.54) is 5.56 Å². The number of hydrogen-bond acceptors (Lipinski definition) is 3. The molecule has 2 aromatic rings. The number of nitrogens with one attached hydrogen (secondary N) is 2. The molecule has 1 heterocycles. The monoisotopic (exact) mass is 351 g/mol. The van der Waals surface area contributed by atoms with Gasteiger partial charge in [-0.1, -0.05) is 12.1 Å². The number of rotatable bonds is 7. The number of carboxylic acid groups (broad SMARTS) is 1. The van der Waals surface area contributed by atoms with E-state index in [4.69, 9.17) is 5.11 Å². The van der Waals surface area contributed by atoms with Gasteiger partial charge >= 0.3 is 6.09 Å². The predicted octanol–water partition coefficient (Wildman–Crippen LogP) is 3.13. The molecule has 0 radical (unpaired) electrons. The van der Waals surface area contributed by atoms with Gasteiger partial charge in [0.25, 0.3) is 0 Å². The van der Waals surface area contributed by atoms with Crippen molar-refractivity contribution in [2.45, 2.75) is 19.4 Å². The highest BCUT2D eigenvalue weighted by Gasteiger charge is 2.01. The van der Waals surface area contributed by atoms with Gasteiger partial charge in [-0.25, -0.2) is 4.79 Å². The molecule has 0 aliphatic carbocycles. The number of fused-ring (bicyclic) bond motifs is 1. The van der Waals surface area contributed by atoms with Crippen LogP contribution >= 0.6 is 15.9 Å². The molecular weight excluding hydrogens is 334 g/mol. The van der Waals surface area contributed by atoms with Gasteiger partial charge in [0.15, 0.2) is 0 Å². The topological polar surface area (TPSA) is 74.2 Å². The average Bonchev–Trinajstić information content (AvgIpc) is 2.47. The Bertz CT molecular complexity index is 619. The van der Waals surface area contributed by atoms with Crippen LogP contribution in [0.25, 0.3) is 10.8 Å². The van der Waals surface area contributed by atoms with Crippen molar-refractivity contribution in [2.24, 2.45) is 0 Å². The van der Waals surface area contributed by atoms with Crippen LogP contribution in [0.5, 0.6) is 0 Å². The van der Waals surface area contributed by atoms with E-state index in [1.807, 2.05) is 6.20 Å². The van der Waals surface area contributed by atoms with Gasteiger partial charge in [0.2, 0.25) is 0 Å². The van der Waals surface area contributed by atoms with Crippen molar-refractivity contribution in [3.8, 4) is 0 Å². The predicted molar refractivity (Wildman–Crippen MR) is 86.4 cm³/mol. The van der Waals surface area contributed by atoms with E-state index in [1.54, 1.807) is 6.20 Å². The zero-order valence-electron chi connectivity index (χ0n) is 11.6. The number of nitrogens with zero attached hydrogens (tertiary/aromatic N) is 1. The van der Waals surface area contributed by atoms with Crippen molar-refractivity contribution < 1.29 is 9.90 Å². The summed E-state index contributed by atoms with van der Waals surface area (Å²) in [6.45, 7) is 2.18. The third-order valence-corrected chi connectivity index (χ3v) is 3.79. The molecule has 1 aromatic heterocycles. The molecule has 0 saturated heterocycles. The SMILES string of the molecule is O=C(O)NCCCCNCc1ccc2cncc(Br)c2c1. The lowest BCUT2D eigenvalue weighted by molar-refractivity contribution is 0.194. The minimum atomic E-state index is -0.959. The number of aromatic nitrogens is 1. The van der Waals surface area contributed by atoms with Crippen LogP contribution in [0.1, 0.15) is 18.4 Å². The largest absolute Gasteiger partial charge is 0.465 e. The van der Waals surface area contributed by atoms with Gasteiger partial charge in [-0.3, -0.25) is 4.98 Å². The van der Waals surface area contributed by atoms with E-state index in [0.717, 1.165) is 41.2 Å². The van der Waals surface area contributed by atoms with Crippen LogP contribution in [0, 0.1) is 0 Å². The van der Waals surface area contributed by atoms with Crippen LogP contribution in [-0.2, 0) is 6.54 Å². The first-order valence-corrected chi connectivity index (χ1v) is 7.66. The molecule has 0 bridgehead atoms. The maximum absolute atomic E-state index is 10.3. The second-order valence-corrected chi connectivity index (χ2v) is 5.65. The van der Waals surface area contributed by atoms with Crippen LogP contribution < -0.4 is 10.6 Å². The van der Waals surface area contributed by atoms with Gasteiger partial charge in [-0.05, 0) is 52.3 Å². The Morgan fingerprint density at radius 2 is 2.05 bits per heavy atom. The minimum absolute atomic E-state index is 0.507. The van der Waals surface area contributed by atoms with Gasteiger partial charge in [-0.15, -0.1) is 0 Å². The molecule has 1 amide bonds. The number of halogens is 1. The summed E-state index contributed by atoms with van der Waals surface area (Å²) in [7, 11) is 0. The van der Waals surface area contributed by atoms with Gasteiger partial charge in [0, 0.05) is 35.3 Å². The number of hydrogen-bond donors (Lipinski definition) is 3. The van der Waals surface area contributed by atoms with Crippen LogP contribution in [0.2, 0.25) is 0 Å². The van der Waals surface area contributed by atoms with Crippen LogP contribution in [-0.4, -0.2) is 29.3 Å². The summed E-state index contributed by atoms with van der Waals surface area (Å²) in [4.78, 5) is 14.4. The Morgan fingerprint density at radius 3 is 2.86 bits per heavy atom. The maximum Gasteiger partial charge on any atom is 0.404 e. The van der Waals surface area contributed by atoms with E-state index in [9.17, 15) is 4.79 Å². The molecule has 0 saturated carbocycles. The number of pyridine rings is 1. The zero-order chi connectivity index (χ0) is 15.1. The second-order valence-electron chi connectivity index (χ2n) is 4.79. The highest BCUT2D eigenvalue weighted by atomic mass is 79.9. The minimum Gasteiger partial charge on any atom is -0.465 e. The summed E-state index contributed by atoms with van der Waals surface area (Å²) in [5, 5.41) is 16.4. The van der Waals surface area contributed by atoms with E-state index in [2.05, 4.69) is 49.7 Å². The molecule has 0 aliphatic rings. The Morgan fingerprint density at radius 1 is 1.24 bits per heavy atom. The summed E-state index contributed by atoms with van der Waals surface area (Å²) in [5.74, 6) is 0. The van der Waals surface area contributed by atoms with Crippen molar-refractivity contribution >= 4 is 32.8 Å². The first-order valence-electron chi connectivity index (χ1n) is 6.86. The lowest BCUT2D eigenvalue weighted by atomic mass is 10.1. The normalized spacial score (nSPS) is 10.7. The van der Waals surface area contributed by atoms with Gasteiger partial charge in [0.1, 0.15) is 0 Å². The lowest BCUT2D eigenvalue weighted by Gasteiger charge is -2.07. The second kappa shape index (κ2) is 7.95. The molecule has 3 N–H and O–H groups in total. The van der Waals surface area contributed by atoms with Crippen molar-refractivity contribution in [3.63, 3.8) is 0 Å². The Kier molecular flexibility index (Phi) is 5.95. The van der Waals surface area contributed by atoms with Crippen LogP contribution in [0.3, 0.4) is 0 Å². The molecule has 5 nitrogen and oxygen atoms in total. The molecule has 1 aromatic carbocycles. The highest BCUT2D eigenvalue weighted by molar-refractivity contribution is 9.10. The number of carbonyl (C=O) groups is 1. The van der Waals surface area contributed by atoms with E-state index >= 15 is 0 Å². The molecule has 0 unspecified atom stereocenters. The molecule has 0 aliphatic heterocycles. The molecule has 0 spiro atoms. The van der Waals surface area contributed by atoms with Crippen molar-refractivity contribution in [2.75, 3.05) is 13.1 Å². The van der Waals surface area contributed by atoms with Gasteiger partial charge < -0.3 is 15.7 Å². The first-order chi connectivity index (χ1) is 10.2. The summed E-state index contributed by atoms with van der Waals surface area (Å²) >= 11 is 3.52. The summed E-state index contributed by atoms with van der Waals surface area (Å²) in [6.07, 6.45) is 4.48. The molecule has 0 atom stereocenters. The van der Waals surface area contributed by atoms with Gasteiger partial charge in [-0.2, -0.15) is 0 Å². The highest BCUT2D eigenvalue weighted by Crippen LogP contribution is 2.23. The Balaban J connectivity index is 1.76. The fourth-order valence-electron chi connectivity index (χ4n) is 2.09. The Labute approximate surface area is 131 Å². The maximum atomic E-state index is 10.3. The smallest absolute Gasteiger partial charge is 0.404 e. The molecule has 0 fully saturated rings. The summed E-state index contributed by atoms with van der Waals surface area (Å²) in [6, 6.07) is 6.32. The lowest BCUT2D eigenvalue weighted by Crippen LogP contribution is -2.23. The number of unbranched alkanes of at least 4 members (excludes halogenated alkanes) is 1. The number of benzene rings is 1. The van der Waals surface area contributed by atoms with Gasteiger partial charge in [0.05, 0.1) is 0 Å². The van der Waals surface area contributed by atoms with Crippen molar-refractivity contribution in [3.05, 3.63) is 40.6 Å². The third kappa shape index (κ3) is 4.99. The van der Waals surface area contributed by atoms with Crippen LogP contribution in [0.15, 0.2) is 35.1 Å². The molecule has 6 heteroatoms. The molecule has 21 heavy (non-hydrogen) atoms. The number of amides is 1. The van der Waals surface area contributed by atoms with Crippen molar-refractivity contribution in [1.82, 2.24) is 15.6 Å². The standard InChI is InChI=1S/C15H18BrN3O2/c16-14-10-18-9-12-4-3-11(7-13(12)14)8-17-5-1-2-6-19-15(20)21/h3-4,7,9-10,17,19H,1-2,5-6,8H2,(H,20,21). The molecule has 112 valence electrons. The molecule has 2 rings (SSSR count). The molecular formula is C15H18BrN3O2. The zero-order valence-corrected chi connectivity index (χ0v) is 13.2. The van der Waals surface area contributed by atoms with Crippen molar-refractivity contribution in [1.29, 1.82) is 0 Å². The van der Waals surface area contributed by atoms with E-state index in [-0.39, 0.29) is 0 Å². The van der Waals surface area contributed by atoms with E-state index < -0.39 is 6.09 Å². The Hall–Kier alpha value is -1.66. The van der Waals surface area contributed by atoms with E-state index in [0.29, 0.717) is 6.54 Å². The fraction of sp³-hybridized carbons (Fsp3) is 0.333. The van der Waals surface area contributed by atoms with Crippen LogP contribution in [0.4, 0.5) is 4.79 Å².